The Hall–Kier alpha value is -2.37. The molecule has 1 unspecified atom stereocenters. The van der Waals surface area contributed by atoms with Crippen LogP contribution in [0.25, 0.3) is 0 Å². The van der Waals surface area contributed by atoms with E-state index in [-0.39, 0.29) is 23.3 Å². The zero-order valence-corrected chi connectivity index (χ0v) is 14.1. The number of hydrogen-bond donors (Lipinski definition) is 2. The largest absolute Gasteiger partial charge is 0.478 e. The Morgan fingerprint density at radius 2 is 1.79 bits per heavy atom. The average molecular weight is 332 g/mol. The number of aromatic carboxylic acids is 1. The van der Waals surface area contributed by atoms with E-state index in [2.05, 4.69) is 5.32 Å². The van der Waals surface area contributed by atoms with Gasteiger partial charge in [-0.1, -0.05) is 25.0 Å². The maximum absolute atomic E-state index is 12.4. The average Bonchev–Trinajstić information content (AvgIpc) is 3.09. The zero-order chi connectivity index (χ0) is 17.7. The molecule has 0 saturated heterocycles. The molecule has 1 aromatic rings. The summed E-state index contributed by atoms with van der Waals surface area (Å²) in [6, 6.07) is 5.84. The van der Waals surface area contributed by atoms with Gasteiger partial charge in [-0.25, -0.2) is 4.79 Å². The molecule has 1 aliphatic carbocycles. The molecule has 130 valence electrons. The van der Waals surface area contributed by atoms with Crippen LogP contribution in [-0.4, -0.2) is 40.9 Å². The van der Waals surface area contributed by atoms with Gasteiger partial charge in [0.2, 0.25) is 11.8 Å². The second-order valence-electron chi connectivity index (χ2n) is 6.41. The van der Waals surface area contributed by atoms with Crippen LogP contribution in [0.4, 0.5) is 0 Å². The van der Waals surface area contributed by atoms with Crippen molar-refractivity contribution in [1.82, 2.24) is 10.2 Å². The third-order valence-electron chi connectivity index (χ3n) is 4.45. The minimum absolute atomic E-state index is 0.0347. The van der Waals surface area contributed by atoms with E-state index in [9.17, 15) is 14.4 Å². The van der Waals surface area contributed by atoms with Gasteiger partial charge in [-0.05, 0) is 37.5 Å². The maximum atomic E-state index is 12.4. The second-order valence-corrected chi connectivity index (χ2v) is 6.41. The minimum atomic E-state index is -0.978. The predicted octanol–water partition coefficient (Wildman–Crippen LogP) is 2.04. The molecular weight excluding hydrogens is 308 g/mol. The van der Waals surface area contributed by atoms with Crippen molar-refractivity contribution in [1.29, 1.82) is 0 Å². The van der Waals surface area contributed by atoms with Gasteiger partial charge in [0.05, 0.1) is 5.56 Å². The standard InChI is InChI=1S/C18H24N2O4/c1-12(19-16(21)14-5-3-4-6-14)17(22)20(2)11-13-7-9-15(10-8-13)18(23)24/h7-10,12,14H,3-6,11H2,1-2H3,(H,19,21)(H,23,24). The van der Waals surface area contributed by atoms with Gasteiger partial charge >= 0.3 is 5.97 Å². The van der Waals surface area contributed by atoms with E-state index in [0.29, 0.717) is 6.54 Å². The highest BCUT2D eigenvalue weighted by Gasteiger charge is 2.26. The van der Waals surface area contributed by atoms with E-state index in [0.717, 1.165) is 31.2 Å². The summed E-state index contributed by atoms with van der Waals surface area (Å²) < 4.78 is 0. The lowest BCUT2D eigenvalue weighted by molar-refractivity contribution is -0.136. The van der Waals surface area contributed by atoms with E-state index < -0.39 is 12.0 Å². The van der Waals surface area contributed by atoms with Crippen LogP contribution < -0.4 is 5.32 Å². The molecule has 0 radical (unpaired) electrons. The van der Waals surface area contributed by atoms with E-state index >= 15 is 0 Å². The van der Waals surface area contributed by atoms with Crippen molar-refractivity contribution in [2.24, 2.45) is 5.92 Å². The van der Waals surface area contributed by atoms with E-state index in [1.54, 1.807) is 26.1 Å². The van der Waals surface area contributed by atoms with Gasteiger partial charge in [-0.2, -0.15) is 0 Å². The van der Waals surface area contributed by atoms with Gasteiger partial charge in [0.25, 0.3) is 0 Å². The van der Waals surface area contributed by atoms with Crippen molar-refractivity contribution < 1.29 is 19.5 Å². The van der Waals surface area contributed by atoms with Gasteiger partial charge < -0.3 is 15.3 Å². The van der Waals surface area contributed by atoms with E-state index in [4.69, 9.17) is 5.11 Å². The number of carboxylic acids is 1. The molecule has 1 saturated carbocycles. The van der Waals surface area contributed by atoms with Crippen LogP contribution in [0.1, 0.15) is 48.5 Å². The monoisotopic (exact) mass is 332 g/mol. The van der Waals surface area contributed by atoms with Crippen LogP contribution in [0.2, 0.25) is 0 Å². The number of carboxylic acid groups (broad SMARTS) is 1. The summed E-state index contributed by atoms with van der Waals surface area (Å²) >= 11 is 0. The lowest BCUT2D eigenvalue weighted by atomic mass is 10.1. The summed E-state index contributed by atoms with van der Waals surface area (Å²) in [6.45, 7) is 2.06. The number of carbonyl (C=O) groups excluding carboxylic acids is 2. The summed E-state index contributed by atoms with van der Waals surface area (Å²) in [6.07, 6.45) is 3.95. The van der Waals surface area contributed by atoms with Gasteiger partial charge in [-0.15, -0.1) is 0 Å². The van der Waals surface area contributed by atoms with Crippen LogP contribution in [0, 0.1) is 5.92 Å². The lowest BCUT2D eigenvalue weighted by Crippen LogP contribution is -2.46. The molecule has 1 aliphatic rings. The fourth-order valence-electron chi connectivity index (χ4n) is 3.02. The molecule has 0 aliphatic heterocycles. The fraction of sp³-hybridized carbons (Fsp3) is 0.500. The van der Waals surface area contributed by atoms with Crippen LogP contribution in [0.5, 0.6) is 0 Å². The van der Waals surface area contributed by atoms with Crippen LogP contribution >= 0.6 is 0 Å². The highest BCUT2D eigenvalue weighted by Crippen LogP contribution is 2.24. The molecule has 1 atom stereocenters. The molecule has 0 heterocycles. The predicted molar refractivity (Wildman–Crippen MR) is 89.4 cm³/mol. The van der Waals surface area contributed by atoms with Gasteiger partial charge in [0.15, 0.2) is 0 Å². The Morgan fingerprint density at radius 3 is 2.33 bits per heavy atom. The number of benzene rings is 1. The Bertz CT molecular complexity index is 606. The SMILES string of the molecule is CC(NC(=O)C1CCCC1)C(=O)N(C)Cc1ccc(C(=O)O)cc1. The minimum Gasteiger partial charge on any atom is -0.478 e. The van der Waals surface area contributed by atoms with E-state index in [1.165, 1.54) is 17.0 Å². The molecule has 0 spiro atoms. The Balaban J connectivity index is 1.88. The molecule has 0 bridgehead atoms. The number of hydrogen-bond acceptors (Lipinski definition) is 3. The molecule has 1 aromatic carbocycles. The van der Waals surface area contributed by atoms with Crippen molar-refractivity contribution in [3.63, 3.8) is 0 Å². The Labute approximate surface area is 141 Å². The molecular formula is C18H24N2O4. The summed E-state index contributed by atoms with van der Waals surface area (Å²) in [5.41, 5.74) is 1.05. The van der Waals surface area contributed by atoms with Crippen LogP contribution in [-0.2, 0) is 16.1 Å². The third-order valence-corrected chi connectivity index (χ3v) is 4.45. The topological polar surface area (TPSA) is 86.7 Å². The first-order valence-electron chi connectivity index (χ1n) is 8.26. The van der Waals surface area contributed by atoms with Gasteiger partial charge in [0.1, 0.15) is 6.04 Å². The fourth-order valence-corrected chi connectivity index (χ4v) is 3.02. The molecule has 1 fully saturated rings. The number of amides is 2. The Morgan fingerprint density at radius 1 is 1.21 bits per heavy atom. The van der Waals surface area contributed by atoms with Crippen molar-refractivity contribution >= 4 is 17.8 Å². The number of carbonyl (C=O) groups is 3. The highest BCUT2D eigenvalue weighted by molar-refractivity contribution is 5.88. The molecule has 2 N–H and O–H groups in total. The zero-order valence-electron chi connectivity index (χ0n) is 14.1. The second kappa shape index (κ2) is 7.95. The van der Waals surface area contributed by atoms with Crippen molar-refractivity contribution in [2.45, 2.75) is 45.2 Å². The van der Waals surface area contributed by atoms with Crippen LogP contribution in [0.3, 0.4) is 0 Å². The first kappa shape index (κ1) is 18.0. The molecule has 2 rings (SSSR count). The van der Waals surface area contributed by atoms with E-state index in [1.807, 2.05) is 0 Å². The summed E-state index contributed by atoms with van der Waals surface area (Å²) in [4.78, 5) is 36.9. The molecule has 6 heteroatoms. The number of nitrogens with zero attached hydrogens (tertiary/aromatic N) is 1. The quantitative estimate of drug-likeness (QED) is 0.834. The lowest BCUT2D eigenvalue weighted by Gasteiger charge is -2.23. The third kappa shape index (κ3) is 4.57. The highest BCUT2D eigenvalue weighted by atomic mass is 16.4. The summed E-state index contributed by atoms with van der Waals surface area (Å²) in [5, 5.41) is 11.7. The molecule has 2 amide bonds. The first-order chi connectivity index (χ1) is 11.4. The first-order valence-corrected chi connectivity index (χ1v) is 8.26. The van der Waals surface area contributed by atoms with Crippen molar-refractivity contribution in [2.75, 3.05) is 7.05 Å². The summed E-state index contributed by atoms with van der Waals surface area (Å²) in [5.74, 6) is -1.14. The number of nitrogens with one attached hydrogen (secondary N) is 1. The van der Waals surface area contributed by atoms with Crippen LogP contribution in [0.15, 0.2) is 24.3 Å². The maximum Gasteiger partial charge on any atom is 0.335 e. The smallest absolute Gasteiger partial charge is 0.335 e. The van der Waals surface area contributed by atoms with Crippen molar-refractivity contribution in [3.05, 3.63) is 35.4 Å². The molecule has 24 heavy (non-hydrogen) atoms. The summed E-state index contributed by atoms with van der Waals surface area (Å²) in [7, 11) is 1.67. The van der Waals surface area contributed by atoms with Gasteiger partial charge in [-0.3, -0.25) is 9.59 Å². The van der Waals surface area contributed by atoms with Gasteiger partial charge in [0, 0.05) is 19.5 Å². The molecule has 6 nitrogen and oxygen atoms in total. The van der Waals surface area contributed by atoms with Crippen molar-refractivity contribution in [3.8, 4) is 0 Å². The normalized spacial score (nSPS) is 15.8. The number of likely N-dealkylation sites (N-methyl/N-ethyl adjacent to an activating group) is 1. The Kier molecular flexibility index (Phi) is 5.95. The number of rotatable bonds is 6. The molecule has 0 aromatic heterocycles.